The SMILES string of the molecule is O=C(c1ccc(Cl)cc1)c1ccc(Oc2ccc3ccc(Oc4ccc(C(=O)c5ccc(Cl)cc5)cc4)cc3c2)cc1. The van der Waals surface area contributed by atoms with E-state index >= 15 is 0 Å². The summed E-state index contributed by atoms with van der Waals surface area (Å²) in [7, 11) is 0. The predicted octanol–water partition coefficient (Wildman–Crippen LogP) is 10.2. The van der Waals surface area contributed by atoms with E-state index in [0.717, 1.165) is 10.8 Å². The van der Waals surface area contributed by atoms with Gasteiger partial charge in [0.25, 0.3) is 0 Å². The van der Waals surface area contributed by atoms with Gasteiger partial charge in [-0.05, 0) is 132 Å². The lowest BCUT2D eigenvalue weighted by Gasteiger charge is -2.10. The Morgan fingerprint density at radius 1 is 0.381 bits per heavy atom. The van der Waals surface area contributed by atoms with Crippen molar-refractivity contribution in [3.63, 3.8) is 0 Å². The highest BCUT2D eigenvalue weighted by Gasteiger charge is 2.11. The van der Waals surface area contributed by atoms with E-state index in [-0.39, 0.29) is 11.6 Å². The van der Waals surface area contributed by atoms with Gasteiger partial charge in [-0.15, -0.1) is 0 Å². The summed E-state index contributed by atoms with van der Waals surface area (Å²) in [6.45, 7) is 0. The molecule has 0 amide bonds. The molecule has 0 heterocycles. The van der Waals surface area contributed by atoms with E-state index in [1.807, 2.05) is 36.4 Å². The van der Waals surface area contributed by atoms with Crippen LogP contribution in [0.3, 0.4) is 0 Å². The van der Waals surface area contributed by atoms with Gasteiger partial charge in [-0.1, -0.05) is 35.3 Å². The van der Waals surface area contributed by atoms with E-state index < -0.39 is 0 Å². The minimum atomic E-state index is -0.0840. The van der Waals surface area contributed by atoms with Gasteiger partial charge in [0.05, 0.1) is 0 Å². The summed E-state index contributed by atoms with van der Waals surface area (Å²) >= 11 is 11.9. The Kier molecular flexibility index (Phi) is 7.74. The van der Waals surface area contributed by atoms with Gasteiger partial charge < -0.3 is 9.47 Å². The highest BCUT2D eigenvalue weighted by molar-refractivity contribution is 6.31. The van der Waals surface area contributed by atoms with Gasteiger partial charge in [0, 0.05) is 32.3 Å². The number of ketones is 2. The molecule has 6 heteroatoms. The number of ether oxygens (including phenoxy) is 2. The Hall–Kier alpha value is -4.90. The molecule has 0 bridgehead atoms. The molecule has 0 fully saturated rings. The summed E-state index contributed by atoms with van der Waals surface area (Å²) in [5.41, 5.74) is 2.27. The van der Waals surface area contributed by atoms with E-state index in [1.54, 1.807) is 97.1 Å². The van der Waals surface area contributed by atoms with Crippen molar-refractivity contribution in [2.45, 2.75) is 0 Å². The summed E-state index contributed by atoms with van der Waals surface area (Å²) in [6.07, 6.45) is 0. The summed E-state index contributed by atoms with van der Waals surface area (Å²) in [6, 6.07) is 39.3. The van der Waals surface area contributed by atoms with Crippen LogP contribution in [0.1, 0.15) is 31.8 Å². The van der Waals surface area contributed by atoms with Crippen molar-refractivity contribution in [3.8, 4) is 23.0 Å². The largest absolute Gasteiger partial charge is 0.457 e. The Morgan fingerprint density at radius 3 is 1.05 bits per heavy atom. The first-order valence-electron chi connectivity index (χ1n) is 13.1. The van der Waals surface area contributed by atoms with Crippen LogP contribution in [0.25, 0.3) is 10.8 Å². The topological polar surface area (TPSA) is 52.6 Å². The average Bonchev–Trinajstić information content (AvgIpc) is 3.02. The summed E-state index contributed by atoms with van der Waals surface area (Å²) in [5.74, 6) is 2.37. The van der Waals surface area contributed by atoms with Crippen LogP contribution in [0, 0.1) is 0 Å². The summed E-state index contributed by atoms with van der Waals surface area (Å²) < 4.78 is 12.1. The number of fused-ring (bicyclic) bond motifs is 1. The van der Waals surface area contributed by atoms with Crippen molar-refractivity contribution in [3.05, 3.63) is 166 Å². The normalized spacial score (nSPS) is 10.8. The molecule has 0 aliphatic rings. The number of halogens is 2. The molecular formula is C36H22Cl2O4. The van der Waals surface area contributed by atoms with Crippen LogP contribution >= 0.6 is 23.2 Å². The summed E-state index contributed by atoms with van der Waals surface area (Å²) in [4.78, 5) is 25.5. The highest BCUT2D eigenvalue weighted by atomic mass is 35.5. The van der Waals surface area contributed by atoms with Crippen LogP contribution in [0.5, 0.6) is 23.0 Å². The molecule has 6 aromatic rings. The van der Waals surface area contributed by atoms with Crippen LogP contribution in [-0.2, 0) is 0 Å². The van der Waals surface area contributed by atoms with Gasteiger partial charge in [0.2, 0.25) is 0 Å². The number of carbonyl (C=O) groups excluding carboxylic acids is 2. The molecule has 0 radical (unpaired) electrons. The van der Waals surface area contributed by atoms with Crippen LogP contribution in [0.15, 0.2) is 133 Å². The van der Waals surface area contributed by atoms with Crippen molar-refractivity contribution in [1.82, 2.24) is 0 Å². The van der Waals surface area contributed by atoms with E-state index in [2.05, 4.69) is 0 Å². The third-order valence-electron chi connectivity index (χ3n) is 6.70. The van der Waals surface area contributed by atoms with E-state index in [9.17, 15) is 9.59 Å². The number of rotatable bonds is 8. The third kappa shape index (κ3) is 6.21. The molecule has 0 saturated carbocycles. The van der Waals surface area contributed by atoms with Crippen molar-refractivity contribution in [1.29, 1.82) is 0 Å². The molecule has 0 atom stereocenters. The monoisotopic (exact) mass is 588 g/mol. The Labute approximate surface area is 252 Å². The van der Waals surface area contributed by atoms with E-state index in [4.69, 9.17) is 32.7 Å². The number of hydrogen-bond acceptors (Lipinski definition) is 4. The second-order valence-electron chi connectivity index (χ2n) is 9.60. The van der Waals surface area contributed by atoms with E-state index in [0.29, 0.717) is 55.3 Å². The highest BCUT2D eigenvalue weighted by Crippen LogP contribution is 2.31. The standard InChI is InChI=1S/C36H22Cl2O4/c37-29-11-1-24(2-12-29)35(39)26-7-15-31(16-8-26)41-33-19-5-23-6-20-34(22-28(23)21-33)42-32-17-9-27(10-18-32)36(40)25-3-13-30(38)14-4-25/h1-22H. The average molecular weight is 589 g/mol. The molecular weight excluding hydrogens is 567 g/mol. The van der Waals surface area contributed by atoms with Crippen LogP contribution < -0.4 is 9.47 Å². The minimum absolute atomic E-state index is 0.0840. The van der Waals surface area contributed by atoms with Gasteiger partial charge >= 0.3 is 0 Å². The molecule has 0 saturated heterocycles. The number of carbonyl (C=O) groups is 2. The molecule has 0 unspecified atom stereocenters. The van der Waals surface area contributed by atoms with Crippen LogP contribution in [0.2, 0.25) is 10.0 Å². The molecule has 0 aliphatic heterocycles. The number of benzene rings is 6. The van der Waals surface area contributed by atoms with Crippen molar-refractivity contribution in [2.24, 2.45) is 0 Å². The zero-order valence-corrected chi connectivity index (χ0v) is 23.6. The van der Waals surface area contributed by atoms with Crippen molar-refractivity contribution in [2.75, 3.05) is 0 Å². The van der Waals surface area contributed by atoms with Gasteiger partial charge in [-0.25, -0.2) is 0 Å². The second kappa shape index (κ2) is 11.9. The lowest BCUT2D eigenvalue weighted by atomic mass is 10.0. The quantitative estimate of drug-likeness (QED) is 0.166. The lowest BCUT2D eigenvalue weighted by Crippen LogP contribution is -2.00. The van der Waals surface area contributed by atoms with E-state index in [1.165, 1.54) is 0 Å². The first-order chi connectivity index (χ1) is 20.4. The van der Waals surface area contributed by atoms with Gasteiger partial charge in [-0.2, -0.15) is 0 Å². The fourth-order valence-corrected chi connectivity index (χ4v) is 4.74. The maximum absolute atomic E-state index is 12.7. The molecule has 4 nitrogen and oxygen atoms in total. The molecule has 0 spiro atoms. The van der Waals surface area contributed by atoms with Gasteiger partial charge in [-0.3, -0.25) is 9.59 Å². The molecule has 0 N–H and O–H groups in total. The van der Waals surface area contributed by atoms with Crippen LogP contribution in [-0.4, -0.2) is 11.6 Å². The molecule has 0 aromatic heterocycles. The third-order valence-corrected chi connectivity index (χ3v) is 7.20. The molecule has 0 aliphatic carbocycles. The lowest BCUT2D eigenvalue weighted by molar-refractivity contribution is 0.103. The van der Waals surface area contributed by atoms with Crippen molar-refractivity contribution < 1.29 is 19.1 Å². The first kappa shape index (κ1) is 27.3. The van der Waals surface area contributed by atoms with Crippen molar-refractivity contribution >= 4 is 45.5 Å². The maximum atomic E-state index is 12.7. The fraction of sp³-hybridized carbons (Fsp3) is 0. The Morgan fingerprint density at radius 2 is 0.690 bits per heavy atom. The Bertz CT molecular complexity index is 1760. The molecule has 6 aromatic carbocycles. The zero-order chi connectivity index (χ0) is 29.1. The minimum Gasteiger partial charge on any atom is -0.457 e. The zero-order valence-electron chi connectivity index (χ0n) is 22.1. The smallest absolute Gasteiger partial charge is 0.193 e. The van der Waals surface area contributed by atoms with Gasteiger partial charge in [0.1, 0.15) is 23.0 Å². The van der Waals surface area contributed by atoms with Gasteiger partial charge in [0.15, 0.2) is 11.6 Å². The Balaban J connectivity index is 1.14. The second-order valence-corrected chi connectivity index (χ2v) is 10.5. The van der Waals surface area contributed by atoms with Crippen LogP contribution in [0.4, 0.5) is 0 Å². The predicted molar refractivity (Wildman–Crippen MR) is 167 cm³/mol. The first-order valence-corrected chi connectivity index (χ1v) is 13.9. The molecule has 6 rings (SSSR count). The fourth-order valence-electron chi connectivity index (χ4n) is 4.49. The maximum Gasteiger partial charge on any atom is 0.193 e. The summed E-state index contributed by atoms with van der Waals surface area (Å²) in [5, 5.41) is 3.14. The number of hydrogen-bond donors (Lipinski definition) is 0. The molecule has 204 valence electrons. The molecule has 42 heavy (non-hydrogen) atoms.